The number of hydrogen-bond acceptors (Lipinski definition) is 5. The fourth-order valence-electron chi connectivity index (χ4n) is 5.99. The second-order valence-corrected chi connectivity index (χ2v) is 13.1. The molecule has 1 aliphatic rings. The SMILES string of the molecule is C#Cc1cncc(COc2cc(/C=C/c3cccc(-c4ccccc4)c3C)c(C)cc2CN2CCCC[C@H]2C(=O)OC(C)(C)C)c1. The summed E-state index contributed by atoms with van der Waals surface area (Å²) in [4.78, 5) is 19.8. The summed E-state index contributed by atoms with van der Waals surface area (Å²) in [6.45, 7) is 11.8. The van der Waals surface area contributed by atoms with Gasteiger partial charge in [-0.2, -0.15) is 0 Å². The highest BCUT2D eigenvalue weighted by Crippen LogP contribution is 2.32. The Kier molecular flexibility index (Phi) is 10.4. The Labute approximate surface area is 274 Å². The molecule has 1 fully saturated rings. The van der Waals surface area contributed by atoms with Crippen molar-refractivity contribution in [3.8, 4) is 29.2 Å². The molecule has 0 spiro atoms. The van der Waals surface area contributed by atoms with Crippen LogP contribution < -0.4 is 4.74 Å². The first kappa shape index (κ1) is 32.7. The van der Waals surface area contributed by atoms with E-state index in [1.165, 1.54) is 16.7 Å². The Morgan fingerprint density at radius 2 is 1.78 bits per heavy atom. The van der Waals surface area contributed by atoms with Gasteiger partial charge in [-0.3, -0.25) is 14.7 Å². The Morgan fingerprint density at radius 1 is 1.00 bits per heavy atom. The minimum Gasteiger partial charge on any atom is -0.488 e. The highest BCUT2D eigenvalue weighted by Gasteiger charge is 2.33. The normalized spacial score (nSPS) is 15.4. The zero-order valence-corrected chi connectivity index (χ0v) is 27.7. The van der Waals surface area contributed by atoms with E-state index in [1.807, 2.05) is 32.9 Å². The fourth-order valence-corrected chi connectivity index (χ4v) is 5.99. The van der Waals surface area contributed by atoms with Crippen molar-refractivity contribution in [2.75, 3.05) is 6.54 Å². The number of aryl methyl sites for hydroxylation is 1. The molecule has 5 heteroatoms. The number of piperidine rings is 1. The maximum Gasteiger partial charge on any atom is 0.323 e. The van der Waals surface area contributed by atoms with E-state index < -0.39 is 5.60 Å². The van der Waals surface area contributed by atoms with Gasteiger partial charge >= 0.3 is 5.97 Å². The first-order valence-corrected chi connectivity index (χ1v) is 16.1. The second kappa shape index (κ2) is 14.6. The molecule has 4 aromatic rings. The van der Waals surface area contributed by atoms with E-state index in [2.05, 4.69) is 96.4 Å². The minimum atomic E-state index is -0.529. The van der Waals surface area contributed by atoms with Crippen LogP contribution in [0.2, 0.25) is 0 Å². The Morgan fingerprint density at radius 3 is 2.54 bits per heavy atom. The van der Waals surface area contributed by atoms with Crippen LogP contribution in [0.4, 0.5) is 0 Å². The van der Waals surface area contributed by atoms with Gasteiger partial charge in [-0.25, -0.2) is 0 Å². The van der Waals surface area contributed by atoms with E-state index in [0.29, 0.717) is 13.2 Å². The second-order valence-electron chi connectivity index (χ2n) is 13.1. The molecule has 0 unspecified atom stereocenters. The number of aromatic nitrogens is 1. The molecule has 1 aromatic heterocycles. The van der Waals surface area contributed by atoms with Crippen LogP contribution in [-0.2, 0) is 22.7 Å². The van der Waals surface area contributed by atoms with E-state index in [1.54, 1.807) is 12.4 Å². The molecule has 0 aliphatic carbocycles. The number of ether oxygens (including phenoxy) is 2. The van der Waals surface area contributed by atoms with Crippen LogP contribution in [0.1, 0.15) is 79.0 Å². The number of carbonyl (C=O) groups is 1. The molecule has 0 N–H and O–H groups in total. The Balaban J connectivity index is 1.46. The molecule has 3 aromatic carbocycles. The van der Waals surface area contributed by atoms with Crippen molar-refractivity contribution < 1.29 is 14.3 Å². The Bertz CT molecular complexity index is 1740. The summed E-state index contributed by atoms with van der Waals surface area (Å²) in [5.74, 6) is 3.27. The van der Waals surface area contributed by atoms with Gasteiger partial charge in [-0.15, -0.1) is 6.42 Å². The number of likely N-dealkylation sites (tertiary alicyclic amines) is 1. The van der Waals surface area contributed by atoms with Gasteiger partial charge in [-0.1, -0.05) is 79.1 Å². The summed E-state index contributed by atoms with van der Waals surface area (Å²) in [6, 6.07) is 22.9. The highest BCUT2D eigenvalue weighted by atomic mass is 16.6. The van der Waals surface area contributed by atoms with Crippen LogP contribution in [0.3, 0.4) is 0 Å². The molecule has 5 rings (SSSR count). The van der Waals surface area contributed by atoms with Gasteiger partial charge in [0.1, 0.15) is 24.0 Å². The van der Waals surface area contributed by atoms with E-state index in [9.17, 15) is 4.79 Å². The van der Waals surface area contributed by atoms with Crippen molar-refractivity contribution in [3.63, 3.8) is 0 Å². The summed E-state index contributed by atoms with van der Waals surface area (Å²) in [5, 5.41) is 0. The third-order valence-corrected chi connectivity index (χ3v) is 8.37. The smallest absolute Gasteiger partial charge is 0.323 e. The summed E-state index contributed by atoms with van der Waals surface area (Å²) in [5.41, 5.74) is 9.16. The zero-order valence-electron chi connectivity index (χ0n) is 27.7. The van der Waals surface area contributed by atoms with Crippen LogP contribution in [-0.4, -0.2) is 34.0 Å². The number of benzene rings is 3. The molecule has 236 valence electrons. The summed E-state index contributed by atoms with van der Waals surface area (Å²) in [6.07, 6.45) is 16.2. The van der Waals surface area contributed by atoms with E-state index >= 15 is 0 Å². The zero-order chi connectivity index (χ0) is 32.7. The molecule has 0 amide bonds. The highest BCUT2D eigenvalue weighted by molar-refractivity contribution is 5.79. The average molecular weight is 613 g/mol. The number of nitrogens with zero attached hydrogens (tertiary/aromatic N) is 2. The van der Waals surface area contributed by atoms with E-state index in [0.717, 1.165) is 64.9 Å². The monoisotopic (exact) mass is 612 g/mol. The molecule has 0 radical (unpaired) electrons. The molecule has 1 atom stereocenters. The molecule has 46 heavy (non-hydrogen) atoms. The van der Waals surface area contributed by atoms with Crippen LogP contribution in [0.5, 0.6) is 5.75 Å². The number of rotatable bonds is 9. The number of carbonyl (C=O) groups excluding carboxylic acids is 1. The van der Waals surface area contributed by atoms with E-state index in [4.69, 9.17) is 15.9 Å². The third-order valence-electron chi connectivity index (χ3n) is 8.37. The van der Waals surface area contributed by atoms with Gasteiger partial charge in [0.05, 0.1) is 0 Å². The van der Waals surface area contributed by atoms with Crippen molar-refractivity contribution >= 4 is 18.1 Å². The average Bonchev–Trinajstić information content (AvgIpc) is 3.04. The molecule has 1 saturated heterocycles. The molecular weight excluding hydrogens is 568 g/mol. The number of esters is 1. The van der Waals surface area contributed by atoms with Crippen LogP contribution in [0.15, 0.2) is 79.1 Å². The maximum absolute atomic E-state index is 13.2. The lowest BCUT2D eigenvalue weighted by atomic mass is 9.95. The van der Waals surface area contributed by atoms with Gasteiger partial charge in [-0.05, 0) is 99.5 Å². The molecule has 0 bridgehead atoms. The molecule has 2 heterocycles. The quantitative estimate of drug-likeness (QED) is 0.107. The summed E-state index contributed by atoms with van der Waals surface area (Å²) in [7, 11) is 0. The summed E-state index contributed by atoms with van der Waals surface area (Å²) < 4.78 is 12.3. The predicted octanol–water partition coefficient (Wildman–Crippen LogP) is 8.79. The van der Waals surface area contributed by atoms with Crippen LogP contribution in [0, 0.1) is 26.2 Å². The minimum absolute atomic E-state index is 0.156. The number of pyridine rings is 1. The van der Waals surface area contributed by atoms with Crippen molar-refractivity contribution in [2.45, 2.75) is 78.7 Å². The van der Waals surface area contributed by atoms with Crippen molar-refractivity contribution in [3.05, 3.63) is 118 Å². The third kappa shape index (κ3) is 8.33. The largest absolute Gasteiger partial charge is 0.488 e. The van der Waals surface area contributed by atoms with Crippen LogP contribution >= 0.6 is 0 Å². The molecule has 0 saturated carbocycles. The number of hydrogen-bond donors (Lipinski definition) is 0. The first-order chi connectivity index (χ1) is 22.1. The maximum atomic E-state index is 13.2. The Hall–Kier alpha value is -4.66. The summed E-state index contributed by atoms with van der Waals surface area (Å²) >= 11 is 0. The van der Waals surface area contributed by atoms with Gasteiger partial charge in [0.15, 0.2) is 0 Å². The molecule has 1 aliphatic heterocycles. The van der Waals surface area contributed by atoms with Crippen molar-refractivity contribution in [1.29, 1.82) is 0 Å². The van der Waals surface area contributed by atoms with E-state index in [-0.39, 0.29) is 12.0 Å². The van der Waals surface area contributed by atoms with Crippen LogP contribution in [0.25, 0.3) is 23.3 Å². The fraction of sp³-hybridized carbons (Fsp3) is 0.317. The van der Waals surface area contributed by atoms with Crippen molar-refractivity contribution in [2.24, 2.45) is 0 Å². The van der Waals surface area contributed by atoms with Gasteiger partial charge in [0.2, 0.25) is 0 Å². The van der Waals surface area contributed by atoms with Gasteiger partial charge < -0.3 is 9.47 Å². The van der Waals surface area contributed by atoms with Gasteiger partial charge in [0, 0.05) is 35.6 Å². The van der Waals surface area contributed by atoms with Gasteiger partial charge in [0.25, 0.3) is 0 Å². The standard InChI is InChI=1S/C41H44N2O3/c1-7-31-23-32(26-42-25-31)28-45-39-24-35(20-19-33-16-13-17-37(30(33)3)34-14-9-8-10-15-34)29(2)22-36(39)27-43-21-12-11-18-38(43)40(44)46-41(4,5)6/h1,8-10,13-17,19-20,22-26,38H,11-12,18,21,27-28H2,2-6H3/b20-19+/t38-/m0/s1. The molecular formula is C41H44N2O3. The lowest BCUT2D eigenvalue weighted by molar-refractivity contribution is -0.163. The predicted molar refractivity (Wildman–Crippen MR) is 187 cm³/mol. The lowest BCUT2D eigenvalue weighted by Gasteiger charge is -2.36. The lowest BCUT2D eigenvalue weighted by Crippen LogP contribution is -2.46. The number of terminal acetylenes is 1. The molecule has 5 nitrogen and oxygen atoms in total. The van der Waals surface area contributed by atoms with Crippen molar-refractivity contribution in [1.82, 2.24) is 9.88 Å². The topological polar surface area (TPSA) is 51.7 Å². The first-order valence-electron chi connectivity index (χ1n) is 16.1.